The fourth-order valence-corrected chi connectivity index (χ4v) is 2.12. The van der Waals surface area contributed by atoms with Gasteiger partial charge in [-0.1, -0.05) is 46.3 Å². The van der Waals surface area contributed by atoms with Gasteiger partial charge in [0.1, 0.15) is 18.5 Å². The average molecular weight is 336 g/mol. The lowest BCUT2D eigenvalue weighted by Crippen LogP contribution is -2.40. The molecule has 0 heterocycles. The van der Waals surface area contributed by atoms with Crippen molar-refractivity contribution < 1.29 is 9.84 Å². The van der Waals surface area contributed by atoms with Gasteiger partial charge in [0, 0.05) is 10.5 Å². The predicted octanol–water partition coefficient (Wildman–Crippen LogP) is 2.76. The number of aliphatic hydroxyl groups is 1. The van der Waals surface area contributed by atoms with Gasteiger partial charge in [0.2, 0.25) is 0 Å². The Labute approximate surface area is 127 Å². The van der Waals surface area contributed by atoms with Gasteiger partial charge in [-0.15, -0.1) is 0 Å². The van der Waals surface area contributed by atoms with E-state index in [1.54, 1.807) is 0 Å². The quantitative estimate of drug-likeness (QED) is 0.853. The Morgan fingerprint density at radius 3 is 2.35 bits per heavy atom. The topological polar surface area (TPSA) is 55.5 Å². The molecule has 2 rings (SSSR count). The Morgan fingerprint density at radius 1 is 1.05 bits per heavy atom. The molecule has 0 aromatic heterocycles. The first kappa shape index (κ1) is 15.0. The maximum atomic E-state index is 10.0. The highest BCUT2D eigenvalue weighted by molar-refractivity contribution is 9.10. The van der Waals surface area contributed by atoms with E-state index in [0.29, 0.717) is 6.42 Å². The number of halogens is 1. The smallest absolute Gasteiger partial charge is 0.119 e. The molecule has 0 fully saturated rings. The Morgan fingerprint density at radius 2 is 1.70 bits per heavy atom. The van der Waals surface area contributed by atoms with Gasteiger partial charge in [0.25, 0.3) is 0 Å². The standard InChI is InChI=1S/C16H18BrNO2/c17-13-6-8-14(9-7-13)20-11-16(19)15(18)10-12-4-2-1-3-5-12/h1-9,15-16,19H,10-11,18H2. The molecule has 0 aliphatic heterocycles. The van der Waals surface area contributed by atoms with Crippen LogP contribution in [0.2, 0.25) is 0 Å². The van der Waals surface area contributed by atoms with Gasteiger partial charge >= 0.3 is 0 Å². The highest BCUT2D eigenvalue weighted by atomic mass is 79.9. The molecule has 0 radical (unpaired) electrons. The Balaban J connectivity index is 1.82. The van der Waals surface area contributed by atoms with Gasteiger partial charge in [0.05, 0.1) is 0 Å². The predicted molar refractivity (Wildman–Crippen MR) is 83.8 cm³/mol. The highest BCUT2D eigenvalue weighted by Gasteiger charge is 2.16. The van der Waals surface area contributed by atoms with E-state index >= 15 is 0 Å². The molecule has 3 nitrogen and oxygen atoms in total. The van der Waals surface area contributed by atoms with E-state index in [1.807, 2.05) is 54.6 Å². The molecule has 0 bridgehead atoms. The van der Waals surface area contributed by atoms with Gasteiger partial charge in [0.15, 0.2) is 0 Å². The number of ether oxygens (including phenoxy) is 1. The van der Waals surface area contributed by atoms with Crippen LogP contribution in [-0.2, 0) is 6.42 Å². The van der Waals surface area contributed by atoms with Crippen LogP contribution in [0, 0.1) is 0 Å². The monoisotopic (exact) mass is 335 g/mol. The fourth-order valence-electron chi connectivity index (χ4n) is 1.86. The summed E-state index contributed by atoms with van der Waals surface area (Å²) in [6.07, 6.45) is -0.0648. The summed E-state index contributed by atoms with van der Waals surface area (Å²) in [5, 5.41) is 10.0. The first-order valence-electron chi connectivity index (χ1n) is 6.51. The van der Waals surface area contributed by atoms with E-state index in [1.165, 1.54) is 0 Å². The first-order valence-corrected chi connectivity index (χ1v) is 7.30. The summed E-state index contributed by atoms with van der Waals surface area (Å²) in [5.74, 6) is 0.721. The zero-order valence-electron chi connectivity index (χ0n) is 11.1. The van der Waals surface area contributed by atoms with Crippen molar-refractivity contribution >= 4 is 15.9 Å². The molecule has 2 aromatic carbocycles. The largest absolute Gasteiger partial charge is 0.491 e. The second-order valence-electron chi connectivity index (χ2n) is 4.69. The maximum Gasteiger partial charge on any atom is 0.119 e. The molecular formula is C16H18BrNO2. The second-order valence-corrected chi connectivity index (χ2v) is 5.60. The Hall–Kier alpha value is -1.36. The normalized spacial score (nSPS) is 13.8. The minimum Gasteiger partial charge on any atom is -0.491 e. The SMILES string of the molecule is NC(Cc1ccccc1)C(O)COc1ccc(Br)cc1. The zero-order chi connectivity index (χ0) is 14.4. The van der Waals surface area contributed by atoms with Crippen LogP contribution in [0.1, 0.15) is 5.56 Å². The number of benzene rings is 2. The van der Waals surface area contributed by atoms with Crippen molar-refractivity contribution in [2.24, 2.45) is 5.73 Å². The molecule has 0 saturated carbocycles. The molecule has 3 N–H and O–H groups in total. The number of aliphatic hydroxyl groups excluding tert-OH is 1. The highest BCUT2D eigenvalue weighted by Crippen LogP contribution is 2.16. The molecular weight excluding hydrogens is 318 g/mol. The number of hydrogen-bond donors (Lipinski definition) is 2. The maximum absolute atomic E-state index is 10.0. The van der Waals surface area contributed by atoms with Crippen LogP contribution in [0.5, 0.6) is 5.75 Å². The summed E-state index contributed by atoms with van der Waals surface area (Å²) in [4.78, 5) is 0. The van der Waals surface area contributed by atoms with Crippen LogP contribution >= 0.6 is 15.9 Å². The van der Waals surface area contributed by atoms with Crippen LogP contribution in [0.25, 0.3) is 0 Å². The van der Waals surface area contributed by atoms with Gasteiger partial charge in [-0.3, -0.25) is 0 Å². The van der Waals surface area contributed by atoms with Crippen molar-refractivity contribution in [1.29, 1.82) is 0 Å². The van der Waals surface area contributed by atoms with Gasteiger partial charge in [-0.25, -0.2) is 0 Å². The molecule has 0 aliphatic carbocycles. The number of rotatable bonds is 6. The second kappa shape index (κ2) is 7.43. The van der Waals surface area contributed by atoms with Crippen molar-refractivity contribution in [2.75, 3.05) is 6.61 Å². The summed E-state index contributed by atoms with van der Waals surface area (Å²) >= 11 is 3.36. The molecule has 4 heteroatoms. The average Bonchev–Trinajstić information content (AvgIpc) is 2.47. The van der Waals surface area contributed by atoms with E-state index in [-0.39, 0.29) is 12.6 Å². The number of nitrogens with two attached hydrogens (primary N) is 1. The summed E-state index contributed by atoms with van der Waals surface area (Å²) in [7, 11) is 0. The lowest BCUT2D eigenvalue weighted by molar-refractivity contribution is 0.0851. The molecule has 2 atom stereocenters. The van der Waals surface area contributed by atoms with E-state index < -0.39 is 6.10 Å². The molecule has 2 unspecified atom stereocenters. The Kier molecular flexibility index (Phi) is 5.59. The van der Waals surface area contributed by atoms with Crippen LogP contribution in [-0.4, -0.2) is 23.9 Å². The van der Waals surface area contributed by atoms with Crippen LogP contribution in [0.3, 0.4) is 0 Å². The van der Waals surface area contributed by atoms with Crippen molar-refractivity contribution in [3.05, 3.63) is 64.6 Å². The van der Waals surface area contributed by atoms with E-state index in [2.05, 4.69) is 15.9 Å². The minimum absolute atomic E-state index is 0.190. The molecule has 0 amide bonds. The van der Waals surface area contributed by atoms with E-state index in [9.17, 15) is 5.11 Å². The fraction of sp³-hybridized carbons (Fsp3) is 0.250. The van der Waals surface area contributed by atoms with E-state index in [4.69, 9.17) is 10.5 Å². The summed E-state index contributed by atoms with van der Waals surface area (Å²) in [6, 6.07) is 17.0. The van der Waals surface area contributed by atoms with Crippen molar-refractivity contribution in [2.45, 2.75) is 18.6 Å². The lowest BCUT2D eigenvalue weighted by atomic mass is 10.0. The van der Waals surface area contributed by atoms with Gasteiger partial charge in [-0.2, -0.15) is 0 Å². The van der Waals surface area contributed by atoms with Crippen LogP contribution < -0.4 is 10.5 Å². The molecule has 0 saturated heterocycles. The minimum atomic E-state index is -0.696. The third-order valence-electron chi connectivity index (χ3n) is 3.04. The zero-order valence-corrected chi connectivity index (χ0v) is 12.7. The van der Waals surface area contributed by atoms with Crippen molar-refractivity contribution in [1.82, 2.24) is 0 Å². The first-order chi connectivity index (χ1) is 9.65. The third-order valence-corrected chi connectivity index (χ3v) is 3.57. The van der Waals surface area contributed by atoms with Gasteiger partial charge in [-0.05, 0) is 36.2 Å². The lowest BCUT2D eigenvalue weighted by Gasteiger charge is -2.19. The Bertz CT molecular complexity index is 516. The van der Waals surface area contributed by atoms with Crippen LogP contribution in [0.4, 0.5) is 0 Å². The molecule has 0 spiro atoms. The molecule has 20 heavy (non-hydrogen) atoms. The van der Waals surface area contributed by atoms with Crippen molar-refractivity contribution in [3.63, 3.8) is 0 Å². The summed E-state index contributed by atoms with van der Waals surface area (Å²) < 4.78 is 6.52. The summed E-state index contributed by atoms with van der Waals surface area (Å²) in [6.45, 7) is 0.190. The molecule has 106 valence electrons. The van der Waals surface area contributed by atoms with Crippen LogP contribution in [0.15, 0.2) is 59.1 Å². The number of hydrogen-bond acceptors (Lipinski definition) is 3. The molecule has 0 aliphatic rings. The van der Waals surface area contributed by atoms with E-state index in [0.717, 1.165) is 15.8 Å². The molecule has 2 aromatic rings. The van der Waals surface area contributed by atoms with Crippen molar-refractivity contribution in [3.8, 4) is 5.75 Å². The summed E-state index contributed by atoms with van der Waals surface area (Å²) in [5.41, 5.74) is 7.11. The third kappa shape index (κ3) is 4.63. The van der Waals surface area contributed by atoms with Gasteiger partial charge < -0.3 is 15.6 Å².